The molecule has 51 heavy (non-hydrogen) atoms. The summed E-state index contributed by atoms with van der Waals surface area (Å²) in [6, 6.07) is 5.62. The third-order valence-electron chi connectivity index (χ3n) is 8.26. The van der Waals surface area contributed by atoms with E-state index in [0.717, 1.165) is 5.56 Å². The Morgan fingerprint density at radius 1 is 0.784 bits per heavy atom. The zero-order valence-electron chi connectivity index (χ0n) is 30.7. The van der Waals surface area contributed by atoms with Gasteiger partial charge >= 0.3 is 0 Å². The van der Waals surface area contributed by atoms with E-state index in [4.69, 9.17) is 28.7 Å². The summed E-state index contributed by atoms with van der Waals surface area (Å²) < 4.78 is 0. The third-order valence-corrected chi connectivity index (χ3v) is 8.26. The van der Waals surface area contributed by atoms with Crippen LogP contribution in [0.1, 0.15) is 65.9 Å². The highest BCUT2D eigenvalue weighted by Gasteiger charge is 2.43. The molecule has 0 aromatic heterocycles. The lowest BCUT2D eigenvalue weighted by molar-refractivity contribution is -0.154. The summed E-state index contributed by atoms with van der Waals surface area (Å²) >= 11 is 0. The lowest BCUT2D eigenvalue weighted by Gasteiger charge is -2.41. The number of nitrogens with one attached hydrogen (secondary N) is 3. The summed E-state index contributed by atoms with van der Waals surface area (Å²) in [5, 5.41) is 7.91. The molecule has 18 nitrogen and oxygen atoms in total. The van der Waals surface area contributed by atoms with E-state index >= 15 is 0 Å². The van der Waals surface area contributed by atoms with Gasteiger partial charge in [-0.1, -0.05) is 30.3 Å². The molecule has 18 heteroatoms. The van der Waals surface area contributed by atoms with Gasteiger partial charge in [0.15, 0.2) is 11.9 Å². The summed E-state index contributed by atoms with van der Waals surface area (Å²) in [5.41, 5.74) is 25.2. The highest BCUT2D eigenvalue weighted by molar-refractivity contribution is 5.98. The summed E-state index contributed by atoms with van der Waals surface area (Å²) in [7, 11) is 2.81. The number of primary amides is 1. The van der Waals surface area contributed by atoms with Gasteiger partial charge < -0.3 is 54.4 Å². The van der Waals surface area contributed by atoms with Gasteiger partial charge in [-0.05, 0) is 58.9 Å². The second-order valence-electron chi connectivity index (χ2n) is 13.3. The van der Waals surface area contributed by atoms with Crippen LogP contribution < -0.4 is 44.6 Å². The summed E-state index contributed by atoms with van der Waals surface area (Å²) in [5.74, 6) is -4.02. The number of likely N-dealkylation sites (N-methyl/N-ethyl adjacent to an activating group) is 2. The smallest absolute Gasteiger partial charge is 0.248 e. The lowest BCUT2D eigenvalue weighted by atomic mass is 9.96. The summed E-state index contributed by atoms with van der Waals surface area (Å²) in [6.07, 6.45) is 0.888. The van der Waals surface area contributed by atoms with E-state index in [1.165, 1.54) is 58.5 Å². The number of guanidine groups is 2. The normalized spacial score (nSPS) is 13.0. The number of nitrogens with zero attached hydrogens (tertiary/aromatic N) is 4. The summed E-state index contributed by atoms with van der Waals surface area (Å²) in [4.78, 5) is 89.5. The van der Waals surface area contributed by atoms with Gasteiger partial charge in [0, 0.05) is 40.5 Å². The van der Waals surface area contributed by atoms with Crippen LogP contribution in [0.5, 0.6) is 0 Å². The molecule has 1 rings (SSSR count). The van der Waals surface area contributed by atoms with Crippen LogP contribution in [0.4, 0.5) is 0 Å². The number of nitrogens with two attached hydrogens (primary N) is 5. The highest BCUT2D eigenvalue weighted by atomic mass is 16.2. The maximum absolute atomic E-state index is 14.2. The van der Waals surface area contributed by atoms with Gasteiger partial charge in [-0.3, -0.25) is 38.8 Å². The summed E-state index contributed by atoms with van der Waals surface area (Å²) in [6.45, 7) is 7.56. The number of amides is 6. The molecule has 6 amide bonds. The predicted molar refractivity (Wildman–Crippen MR) is 194 cm³/mol. The van der Waals surface area contributed by atoms with Crippen molar-refractivity contribution in [1.82, 2.24) is 25.8 Å². The molecule has 0 aliphatic heterocycles. The third kappa shape index (κ3) is 14.1. The van der Waals surface area contributed by atoms with Crippen molar-refractivity contribution >= 4 is 47.4 Å². The van der Waals surface area contributed by atoms with E-state index in [1.54, 1.807) is 24.3 Å². The quantitative estimate of drug-likeness (QED) is 0.0408. The first-order valence-corrected chi connectivity index (χ1v) is 16.5. The van der Waals surface area contributed by atoms with Crippen molar-refractivity contribution in [3.63, 3.8) is 0 Å². The maximum Gasteiger partial charge on any atom is 0.248 e. The largest absolute Gasteiger partial charge is 0.370 e. The minimum absolute atomic E-state index is 0.0910. The minimum atomic E-state index is -1.56. The minimum Gasteiger partial charge on any atom is -0.370 e. The van der Waals surface area contributed by atoms with Gasteiger partial charge in [0.05, 0.1) is 0 Å². The number of benzene rings is 1. The topological polar surface area (TPSA) is 300 Å². The molecule has 0 saturated heterocycles. The molecule has 0 heterocycles. The Morgan fingerprint density at radius 2 is 1.31 bits per heavy atom. The fourth-order valence-electron chi connectivity index (χ4n) is 5.16. The standard InChI is InChI=1S/C33H56N12O6/c1-20(46)43-32(2,3)28(50)42-22(15-11-17-39-30(35)36)27(49)45(7)33(4,5)29(51)44(6)24(16-12-18-40-31(37)38)26(48)41-23(25(34)47)19-21-13-9-8-10-14-21/h8-10,13-14,22-24H,11-12,15-19H2,1-7H3,(H2,34,47)(H,41,48)(H,42,50)(H,43,46)(H4,35,36,39)(H4,37,38,40)/t22-,23-,24-/m0/s1. The zero-order chi connectivity index (χ0) is 39.1. The van der Waals surface area contributed by atoms with E-state index in [0.29, 0.717) is 6.42 Å². The van der Waals surface area contributed by atoms with Gasteiger partial charge in [0.25, 0.3) is 0 Å². The fourth-order valence-corrected chi connectivity index (χ4v) is 5.16. The Labute approximate surface area is 299 Å². The molecule has 0 fully saturated rings. The average molecular weight is 717 g/mol. The molecule has 1 aromatic carbocycles. The molecule has 3 atom stereocenters. The fraction of sp³-hybridized carbons (Fsp3) is 0.576. The molecule has 0 radical (unpaired) electrons. The SMILES string of the molecule is CC(=O)NC(C)(C)C(=O)N[C@@H](CCCN=C(N)N)C(=O)N(C)C(C)(C)C(=O)N(C)[C@@H](CCCN=C(N)N)C(=O)N[C@@H](Cc1ccccc1)C(N)=O. The number of hydrogen-bond acceptors (Lipinski definition) is 8. The molecular weight excluding hydrogens is 660 g/mol. The number of carbonyl (C=O) groups excluding carboxylic acids is 6. The number of hydrogen-bond donors (Lipinski definition) is 8. The van der Waals surface area contributed by atoms with Crippen molar-refractivity contribution in [2.75, 3.05) is 27.2 Å². The lowest BCUT2D eigenvalue weighted by Crippen LogP contribution is -2.64. The van der Waals surface area contributed by atoms with Crippen molar-refractivity contribution in [3.8, 4) is 0 Å². The van der Waals surface area contributed by atoms with E-state index in [-0.39, 0.29) is 50.7 Å². The van der Waals surface area contributed by atoms with Crippen molar-refractivity contribution in [1.29, 1.82) is 0 Å². The monoisotopic (exact) mass is 716 g/mol. The van der Waals surface area contributed by atoms with Crippen LogP contribution in [0, 0.1) is 0 Å². The van der Waals surface area contributed by atoms with Crippen LogP contribution in [0.3, 0.4) is 0 Å². The maximum atomic E-state index is 14.2. The molecule has 284 valence electrons. The van der Waals surface area contributed by atoms with Crippen molar-refractivity contribution in [2.45, 2.75) is 95.9 Å². The zero-order valence-corrected chi connectivity index (χ0v) is 30.7. The van der Waals surface area contributed by atoms with E-state index in [9.17, 15) is 28.8 Å². The second kappa shape index (κ2) is 19.7. The molecule has 1 aromatic rings. The molecule has 0 bridgehead atoms. The first-order valence-electron chi connectivity index (χ1n) is 16.5. The van der Waals surface area contributed by atoms with Crippen LogP contribution in [-0.4, -0.2) is 114 Å². The van der Waals surface area contributed by atoms with Gasteiger partial charge in [0.1, 0.15) is 29.2 Å². The number of aliphatic imine (C=N–C) groups is 2. The van der Waals surface area contributed by atoms with Gasteiger partial charge in [-0.25, -0.2) is 0 Å². The average Bonchev–Trinajstić information content (AvgIpc) is 3.03. The van der Waals surface area contributed by atoms with Crippen molar-refractivity contribution in [3.05, 3.63) is 35.9 Å². The van der Waals surface area contributed by atoms with Gasteiger partial charge in [-0.15, -0.1) is 0 Å². The Morgan fingerprint density at radius 3 is 1.80 bits per heavy atom. The molecule has 0 aliphatic carbocycles. The molecule has 0 aliphatic rings. The van der Waals surface area contributed by atoms with Crippen molar-refractivity contribution < 1.29 is 28.8 Å². The van der Waals surface area contributed by atoms with Crippen LogP contribution in [-0.2, 0) is 35.2 Å². The molecule has 0 saturated carbocycles. The van der Waals surface area contributed by atoms with E-state index < -0.39 is 64.6 Å². The Balaban J connectivity index is 3.38. The van der Waals surface area contributed by atoms with Crippen LogP contribution >= 0.6 is 0 Å². The van der Waals surface area contributed by atoms with Crippen LogP contribution in [0.2, 0.25) is 0 Å². The Kier molecular flexibility index (Phi) is 16.8. The van der Waals surface area contributed by atoms with E-state index in [1.807, 2.05) is 6.07 Å². The molecule has 13 N–H and O–H groups in total. The van der Waals surface area contributed by atoms with Crippen LogP contribution in [0.15, 0.2) is 40.3 Å². The Hall–Kier alpha value is -5.42. The number of carbonyl (C=O) groups is 6. The highest BCUT2D eigenvalue weighted by Crippen LogP contribution is 2.21. The molecule has 0 unspecified atom stereocenters. The second-order valence-corrected chi connectivity index (χ2v) is 13.3. The van der Waals surface area contributed by atoms with Crippen LogP contribution in [0.25, 0.3) is 0 Å². The Bertz CT molecular complexity index is 1440. The van der Waals surface area contributed by atoms with E-state index in [2.05, 4.69) is 25.9 Å². The first-order chi connectivity index (χ1) is 23.6. The predicted octanol–water partition coefficient (Wildman–Crippen LogP) is -2.23. The molecular formula is C33H56N12O6. The van der Waals surface area contributed by atoms with Gasteiger partial charge in [-0.2, -0.15) is 0 Å². The van der Waals surface area contributed by atoms with Crippen molar-refractivity contribution in [2.24, 2.45) is 38.7 Å². The van der Waals surface area contributed by atoms with Gasteiger partial charge in [0.2, 0.25) is 35.4 Å². The first kappa shape index (κ1) is 43.6. The number of rotatable bonds is 20. The molecule has 0 spiro atoms.